The molecule has 0 aliphatic carbocycles. The molecule has 2 aromatic rings. The minimum absolute atomic E-state index is 0.0386. The second-order valence-electron chi connectivity index (χ2n) is 5.01. The van der Waals surface area contributed by atoms with E-state index < -0.39 is 0 Å². The molecule has 0 bridgehead atoms. The molecule has 2 aromatic carbocycles. The Balaban J connectivity index is 2.00. The van der Waals surface area contributed by atoms with Crippen LogP contribution < -0.4 is 5.32 Å². The first-order valence-electron chi connectivity index (χ1n) is 6.67. The van der Waals surface area contributed by atoms with Crippen LogP contribution in [0.15, 0.2) is 53.0 Å². The second kappa shape index (κ2) is 6.71. The van der Waals surface area contributed by atoms with Crippen LogP contribution in [0.4, 0.5) is 0 Å². The van der Waals surface area contributed by atoms with Gasteiger partial charge in [-0.2, -0.15) is 0 Å². The molecule has 0 heterocycles. The average Bonchev–Trinajstić information content (AvgIpc) is 2.47. The molecule has 20 heavy (non-hydrogen) atoms. The number of nitrogens with one attached hydrogen (secondary N) is 1. The maximum absolute atomic E-state index is 12.2. The van der Waals surface area contributed by atoms with E-state index in [1.54, 1.807) is 0 Å². The summed E-state index contributed by atoms with van der Waals surface area (Å²) in [4.78, 5) is 12.2. The van der Waals surface area contributed by atoms with E-state index in [9.17, 15) is 4.79 Å². The molecule has 1 unspecified atom stereocenters. The summed E-state index contributed by atoms with van der Waals surface area (Å²) in [5.74, 6) is 0.257. The number of amides is 1. The number of rotatable bonds is 4. The molecular weight excluding hydrogens is 314 g/mol. The molecule has 3 heteroatoms. The summed E-state index contributed by atoms with van der Waals surface area (Å²) in [5.41, 5.74) is 3.00. The number of hydrogen-bond acceptors (Lipinski definition) is 1. The number of halogens is 1. The van der Waals surface area contributed by atoms with Crippen LogP contribution in [0.1, 0.15) is 34.3 Å². The van der Waals surface area contributed by atoms with Crippen LogP contribution >= 0.6 is 15.9 Å². The molecule has 0 spiro atoms. The van der Waals surface area contributed by atoms with Gasteiger partial charge in [0.05, 0.1) is 5.56 Å². The Labute approximate surface area is 128 Å². The van der Waals surface area contributed by atoms with E-state index in [0.29, 0.717) is 18.0 Å². The normalized spacial score (nSPS) is 11.9. The third-order valence-electron chi connectivity index (χ3n) is 3.30. The van der Waals surface area contributed by atoms with Gasteiger partial charge in [0.2, 0.25) is 0 Å². The summed E-state index contributed by atoms with van der Waals surface area (Å²) >= 11 is 3.42. The van der Waals surface area contributed by atoms with E-state index in [-0.39, 0.29) is 5.91 Å². The van der Waals surface area contributed by atoms with Crippen molar-refractivity contribution in [3.05, 3.63) is 69.7 Å². The molecule has 0 fully saturated rings. The molecule has 0 aliphatic rings. The average molecular weight is 332 g/mol. The summed E-state index contributed by atoms with van der Waals surface area (Å²) in [7, 11) is 0. The molecule has 0 aliphatic heterocycles. The van der Waals surface area contributed by atoms with E-state index in [4.69, 9.17) is 0 Å². The van der Waals surface area contributed by atoms with Gasteiger partial charge in [-0.05, 0) is 46.5 Å². The molecule has 2 nitrogen and oxygen atoms in total. The summed E-state index contributed by atoms with van der Waals surface area (Å²) in [6.07, 6.45) is 0. The predicted octanol–water partition coefficient (Wildman–Crippen LogP) is 4.29. The minimum Gasteiger partial charge on any atom is -0.351 e. The monoisotopic (exact) mass is 331 g/mol. The summed E-state index contributed by atoms with van der Waals surface area (Å²) in [6.45, 7) is 4.72. The lowest BCUT2D eigenvalue weighted by atomic mass is 10.0. The number of hydrogen-bond donors (Lipinski definition) is 1. The van der Waals surface area contributed by atoms with Crippen molar-refractivity contribution in [3.8, 4) is 0 Å². The molecule has 0 saturated carbocycles. The molecule has 0 saturated heterocycles. The van der Waals surface area contributed by atoms with Crippen molar-refractivity contribution in [3.63, 3.8) is 0 Å². The largest absolute Gasteiger partial charge is 0.351 e. The van der Waals surface area contributed by atoms with Crippen molar-refractivity contribution in [1.29, 1.82) is 0 Å². The van der Waals surface area contributed by atoms with Crippen molar-refractivity contribution in [1.82, 2.24) is 5.32 Å². The highest BCUT2D eigenvalue weighted by molar-refractivity contribution is 9.10. The first-order chi connectivity index (χ1) is 9.58. The quantitative estimate of drug-likeness (QED) is 0.889. The molecule has 0 aromatic heterocycles. The standard InChI is InChI=1S/C17H18BrNO/c1-12-8-9-16(18)15(10-12)17(20)19-11-13(2)14-6-4-3-5-7-14/h3-10,13H,11H2,1-2H3,(H,19,20). The molecule has 2 rings (SSSR count). The zero-order valence-corrected chi connectivity index (χ0v) is 13.3. The fourth-order valence-corrected chi connectivity index (χ4v) is 2.48. The van der Waals surface area contributed by atoms with Gasteiger partial charge >= 0.3 is 0 Å². The van der Waals surface area contributed by atoms with Gasteiger partial charge < -0.3 is 5.32 Å². The third-order valence-corrected chi connectivity index (χ3v) is 4.00. The molecule has 0 radical (unpaired) electrons. The molecular formula is C17H18BrNO. The van der Waals surface area contributed by atoms with E-state index >= 15 is 0 Å². The van der Waals surface area contributed by atoms with Crippen molar-refractivity contribution in [2.24, 2.45) is 0 Å². The lowest BCUT2D eigenvalue weighted by Crippen LogP contribution is -2.27. The number of carbonyl (C=O) groups excluding carboxylic acids is 1. The SMILES string of the molecule is Cc1ccc(Br)c(C(=O)NCC(C)c2ccccc2)c1. The maximum atomic E-state index is 12.2. The highest BCUT2D eigenvalue weighted by Gasteiger charge is 2.12. The lowest BCUT2D eigenvalue weighted by molar-refractivity contribution is 0.0951. The maximum Gasteiger partial charge on any atom is 0.252 e. The number of carbonyl (C=O) groups is 1. The predicted molar refractivity (Wildman–Crippen MR) is 86.1 cm³/mol. The minimum atomic E-state index is -0.0386. The summed E-state index contributed by atoms with van der Waals surface area (Å²) < 4.78 is 0.827. The van der Waals surface area contributed by atoms with Crippen LogP contribution in [0, 0.1) is 6.92 Å². The van der Waals surface area contributed by atoms with Gasteiger partial charge in [-0.3, -0.25) is 4.79 Å². The van der Waals surface area contributed by atoms with Crippen molar-refractivity contribution in [2.45, 2.75) is 19.8 Å². The topological polar surface area (TPSA) is 29.1 Å². The van der Waals surface area contributed by atoms with E-state index in [1.165, 1.54) is 5.56 Å². The number of aryl methyl sites for hydroxylation is 1. The Morgan fingerprint density at radius 1 is 1.20 bits per heavy atom. The van der Waals surface area contributed by atoms with Crippen LogP contribution in [0.25, 0.3) is 0 Å². The Hall–Kier alpha value is -1.61. The van der Waals surface area contributed by atoms with Crippen molar-refractivity contribution < 1.29 is 4.79 Å². The van der Waals surface area contributed by atoms with Gasteiger partial charge in [-0.1, -0.05) is 48.9 Å². The molecule has 1 amide bonds. The second-order valence-corrected chi connectivity index (χ2v) is 5.86. The molecule has 104 valence electrons. The Bertz CT molecular complexity index is 595. The van der Waals surface area contributed by atoms with Crippen LogP contribution in [-0.2, 0) is 0 Å². The summed E-state index contributed by atoms with van der Waals surface area (Å²) in [5, 5.41) is 3.00. The van der Waals surface area contributed by atoms with Gasteiger partial charge in [0, 0.05) is 11.0 Å². The Morgan fingerprint density at radius 2 is 1.90 bits per heavy atom. The van der Waals surface area contributed by atoms with Crippen molar-refractivity contribution >= 4 is 21.8 Å². The van der Waals surface area contributed by atoms with Crippen LogP contribution in [0.2, 0.25) is 0 Å². The number of benzene rings is 2. The fourth-order valence-electron chi connectivity index (χ4n) is 2.05. The van der Waals surface area contributed by atoms with Gasteiger partial charge in [0.15, 0.2) is 0 Å². The van der Waals surface area contributed by atoms with E-state index in [1.807, 2.05) is 43.3 Å². The zero-order valence-electron chi connectivity index (χ0n) is 11.7. The van der Waals surface area contributed by atoms with Crippen LogP contribution in [0.5, 0.6) is 0 Å². The first-order valence-corrected chi connectivity index (χ1v) is 7.46. The van der Waals surface area contributed by atoms with Crippen molar-refractivity contribution in [2.75, 3.05) is 6.54 Å². The Morgan fingerprint density at radius 3 is 2.60 bits per heavy atom. The fraction of sp³-hybridized carbons (Fsp3) is 0.235. The summed E-state index contributed by atoms with van der Waals surface area (Å²) in [6, 6.07) is 16.0. The Kier molecular flexibility index (Phi) is 4.96. The first kappa shape index (κ1) is 14.8. The zero-order chi connectivity index (χ0) is 14.5. The lowest BCUT2D eigenvalue weighted by Gasteiger charge is -2.14. The van der Waals surface area contributed by atoms with Crippen LogP contribution in [0.3, 0.4) is 0 Å². The van der Waals surface area contributed by atoms with E-state index in [0.717, 1.165) is 10.0 Å². The van der Waals surface area contributed by atoms with Gasteiger partial charge in [0.25, 0.3) is 5.91 Å². The highest BCUT2D eigenvalue weighted by Crippen LogP contribution is 2.19. The van der Waals surface area contributed by atoms with Gasteiger partial charge in [0.1, 0.15) is 0 Å². The smallest absolute Gasteiger partial charge is 0.252 e. The van der Waals surface area contributed by atoms with E-state index in [2.05, 4.69) is 40.3 Å². The molecule has 1 atom stereocenters. The highest BCUT2D eigenvalue weighted by atomic mass is 79.9. The third kappa shape index (κ3) is 3.70. The van der Waals surface area contributed by atoms with Gasteiger partial charge in [-0.25, -0.2) is 0 Å². The molecule has 1 N–H and O–H groups in total. The van der Waals surface area contributed by atoms with Gasteiger partial charge in [-0.15, -0.1) is 0 Å². The van der Waals surface area contributed by atoms with Crippen LogP contribution in [-0.4, -0.2) is 12.5 Å².